The summed E-state index contributed by atoms with van der Waals surface area (Å²) in [5.41, 5.74) is 1.93. The number of hydrogen-bond acceptors (Lipinski definition) is 6. The lowest BCUT2D eigenvalue weighted by molar-refractivity contribution is -0.165. The van der Waals surface area contributed by atoms with Crippen molar-refractivity contribution in [2.24, 2.45) is 0 Å². The number of amides is 4. The zero-order valence-electron chi connectivity index (χ0n) is 17.1. The third kappa shape index (κ3) is 5.07. The Morgan fingerprint density at radius 2 is 1.71 bits per heavy atom. The van der Waals surface area contributed by atoms with Crippen molar-refractivity contribution >= 4 is 35.9 Å². The van der Waals surface area contributed by atoms with E-state index in [0.717, 1.165) is 21.6 Å². The lowest BCUT2D eigenvalue weighted by Crippen LogP contribution is -2.48. The maximum Gasteiger partial charge on any atom is 0.325 e. The van der Waals surface area contributed by atoms with E-state index >= 15 is 0 Å². The number of hydroxylamine groups is 2. The molecule has 8 nitrogen and oxygen atoms in total. The van der Waals surface area contributed by atoms with Crippen molar-refractivity contribution in [1.29, 1.82) is 0 Å². The molecule has 0 radical (unpaired) electrons. The lowest BCUT2D eigenvalue weighted by Gasteiger charge is -2.26. The molecular weight excluding hydrogens is 418 g/mol. The largest absolute Gasteiger partial charge is 0.491 e. The molecule has 0 bridgehead atoms. The first-order valence-corrected chi connectivity index (χ1v) is 10.1. The van der Waals surface area contributed by atoms with Gasteiger partial charge in [-0.25, -0.2) is 9.86 Å². The summed E-state index contributed by atoms with van der Waals surface area (Å²) >= 11 is 4.91. The molecule has 31 heavy (non-hydrogen) atoms. The van der Waals surface area contributed by atoms with Crippen LogP contribution < -0.4 is 10.1 Å². The molecule has 0 saturated carbocycles. The molecule has 1 saturated heterocycles. The Labute approximate surface area is 185 Å². The molecule has 1 aliphatic rings. The lowest BCUT2D eigenvalue weighted by atomic mass is 10.0. The van der Waals surface area contributed by atoms with E-state index < -0.39 is 23.5 Å². The maximum atomic E-state index is 12.4. The van der Waals surface area contributed by atoms with Crippen molar-refractivity contribution in [1.82, 2.24) is 15.3 Å². The molecule has 1 atom stereocenters. The topological polar surface area (TPSA) is 99.2 Å². The van der Waals surface area contributed by atoms with Gasteiger partial charge in [-0.1, -0.05) is 48.6 Å². The fraction of sp³-hybridized carbons (Fsp3) is 0.273. The third-order valence-electron chi connectivity index (χ3n) is 5.00. The van der Waals surface area contributed by atoms with Gasteiger partial charge in [-0.3, -0.25) is 19.7 Å². The van der Waals surface area contributed by atoms with Crippen LogP contribution in [-0.4, -0.2) is 63.6 Å². The van der Waals surface area contributed by atoms with Gasteiger partial charge in [-0.2, -0.15) is 0 Å². The average Bonchev–Trinajstić information content (AvgIpc) is 2.97. The standard InChI is InChI=1S/C22H23N3O5S/c1-22(2)20(27)24(21(28)23-22)11-18(25(29)14-26)12-30-19-9-7-17(8-10-19)16-5-3-15(13-31)4-6-16/h3-10,13-14,18,29H,11-12H2,1-2H3,(H,23,28). The van der Waals surface area contributed by atoms with Crippen molar-refractivity contribution in [3.05, 3.63) is 54.1 Å². The molecule has 1 aliphatic heterocycles. The Hall–Kier alpha value is -3.30. The first kappa shape index (κ1) is 22.4. The van der Waals surface area contributed by atoms with Crippen LogP contribution in [0, 0.1) is 0 Å². The minimum Gasteiger partial charge on any atom is -0.491 e. The van der Waals surface area contributed by atoms with Gasteiger partial charge in [0.05, 0.1) is 6.54 Å². The van der Waals surface area contributed by atoms with Gasteiger partial charge in [0.2, 0.25) is 6.41 Å². The maximum absolute atomic E-state index is 12.4. The summed E-state index contributed by atoms with van der Waals surface area (Å²) in [5, 5.41) is 14.5. The number of rotatable bonds is 9. The van der Waals surface area contributed by atoms with Gasteiger partial charge in [-0.05, 0) is 42.7 Å². The van der Waals surface area contributed by atoms with Crippen molar-refractivity contribution < 1.29 is 24.3 Å². The normalized spacial score (nSPS) is 15.9. The second-order valence-electron chi connectivity index (χ2n) is 7.69. The van der Waals surface area contributed by atoms with Crippen LogP contribution in [-0.2, 0) is 9.59 Å². The van der Waals surface area contributed by atoms with E-state index in [1.807, 2.05) is 36.4 Å². The van der Waals surface area contributed by atoms with Gasteiger partial charge in [0.1, 0.15) is 23.9 Å². The van der Waals surface area contributed by atoms with E-state index in [9.17, 15) is 19.6 Å². The summed E-state index contributed by atoms with van der Waals surface area (Å²) in [6.45, 7) is 2.85. The molecular formula is C22H23N3O5S. The number of urea groups is 1. The van der Waals surface area contributed by atoms with E-state index in [0.29, 0.717) is 10.8 Å². The monoisotopic (exact) mass is 441 g/mol. The van der Waals surface area contributed by atoms with Gasteiger partial charge in [0, 0.05) is 5.37 Å². The zero-order chi connectivity index (χ0) is 22.6. The van der Waals surface area contributed by atoms with Crippen LogP contribution in [0.25, 0.3) is 11.1 Å². The van der Waals surface area contributed by atoms with E-state index in [4.69, 9.17) is 17.0 Å². The SMILES string of the molecule is CC1(C)NC(=O)N(CC(COc2ccc(-c3ccc(C=S)cc3)cc2)N(O)C=O)C1=O. The first-order chi connectivity index (χ1) is 14.7. The van der Waals surface area contributed by atoms with E-state index in [-0.39, 0.29) is 19.6 Å². The van der Waals surface area contributed by atoms with Gasteiger partial charge in [-0.15, -0.1) is 0 Å². The molecule has 9 heteroatoms. The second-order valence-corrected chi connectivity index (χ2v) is 7.92. The van der Waals surface area contributed by atoms with Gasteiger partial charge < -0.3 is 10.1 Å². The Bertz CT molecular complexity index is 976. The summed E-state index contributed by atoms with van der Waals surface area (Å²) in [6, 6.07) is 13.6. The number of hydrogen-bond donors (Lipinski definition) is 2. The molecule has 0 spiro atoms. The number of thiocarbonyl (C=S) groups is 1. The first-order valence-electron chi connectivity index (χ1n) is 9.60. The van der Waals surface area contributed by atoms with Crippen LogP contribution in [0.1, 0.15) is 19.4 Å². The minimum absolute atomic E-state index is 0.116. The number of benzene rings is 2. The molecule has 162 valence electrons. The number of nitrogens with one attached hydrogen (secondary N) is 1. The molecule has 2 N–H and O–H groups in total. The fourth-order valence-electron chi connectivity index (χ4n) is 3.18. The highest BCUT2D eigenvalue weighted by Crippen LogP contribution is 2.23. The van der Waals surface area contributed by atoms with Crippen LogP contribution >= 0.6 is 12.2 Å². The summed E-state index contributed by atoms with van der Waals surface area (Å²) < 4.78 is 5.70. The van der Waals surface area contributed by atoms with Crippen LogP contribution in [0.15, 0.2) is 48.5 Å². The quantitative estimate of drug-likeness (QED) is 0.204. The number of carbonyl (C=O) groups is 3. The molecule has 1 fully saturated rings. The summed E-state index contributed by atoms with van der Waals surface area (Å²) in [5.74, 6) is 0.0758. The molecule has 4 amide bonds. The molecule has 1 unspecified atom stereocenters. The third-order valence-corrected chi connectivity index (χ3v) is 5.27. The highest BCUT2D eigenvalue weighted by molar-refractivity contribution is 7.79. The molecule has 0 aromatic heterocycles. The summed E-state index contributed by atoms with van der Waals surface area (Å²) in [4.78, 5) is 36.5. The average molecular weight is 442 g/mol. The Kier molecular flexibility index (Phi) is 6.67. The molecule has 3 rings (SSSR count). The molecule has 2 aromatic carbocycles. The van der Waals surface area contributed by atoms with Gasteiger partial charge in [0.25, 0.3) is 5.91 Å². The predicted octanol–water partition coefficient (Wildman–Crippen LogP) is 2.63. The smallest absolute Gasteiger partial charge is 0.325 e. The van der Waals surface area contributed by atoms with Crippen LogP contribution in [0.4, 0.5) is 4.79 Å². The zero-order valence-corrected chi connectivity index (χ0v) is 18.0. The van der Waals surface area contributed by atoms with Crippen molar-refractivity contribution in [2.75, 3.05) is 13.2 Å². The second kappa shape index (κ2) is 9.23. The highest BCUT2D eigenvalue weighted by Gasteiger charge is 2.45. The van der Waals surface area contributed by atoms with E-state index in [2.05, 4.69) is 5.32 Å². The number of nitrogens with zero attached hydrogens (tertiary/aromatic N) is 2. The summed E-state index contributed by atoms with van der Waals surface area (Å²) in [6.07, 6.45) is 0.213. The Balaban J connectivity index is 1.66. The molecule has 2 aromatic rings. The molecule has 0 aliphatic carbocycles. The number of carbonyl (C=O) groups excluding carboxylic acids is 3. The van der Waals surface area contributed by atoms with E-state index in [1.165, 1.54) is 0 Å². The van der Waals surface area contributed by atoms with Crippen LogP contribution in [0.5, 0.6) is 5.75 Å². The van der Waals surface area contributed by atoms with Crippen LogP contribution in [0.2, 0.25) is 0 Å². The fourth-order valence-corrected chi connectivity index (χ4v) is 3.34. The summed E-state index contributed by atoms with van der Waals surface area (Å²) in [7, 11) is 0. The minimum atomic E-state index is -1.04. The Morgan fingerprint density at radius 3 is 2.19 bits per heavy atom. The highest BCUT2D eigenvalue weighted by atomic mass is 32.1. The van der Waals surface area contributed by atoms with Crippen molar-refractivity contribution in [2.45, 2.75) is 25.4 Å². The number of ether oxygens (including phenoxy) is 1. The van der Waals surface area contributed by atoms with Gasteiger partial charge >= 0.3 is 6.03 Å². The van der Waals surface area contributed by atoms with Crippen LogP contribution in [0.3, 0.4) is 0 Å². The molecule has 1 heterocycles. The Morgan fingerprint density at radius 1 is 1.13 bits per heavy atom. The van der Waals surface area contributed by atoms with Crippen molar-refractivity contribution in [3.63, 3.8) is 0 Å². The van der Waals surface area contributed by atoms with E-state index in [1.54, 1.807) is 31.3 Å². The number of imide groups is 1. The predicted molar refractivity (Wildman–Crippen MR) is 118 cm³/mol. The van der Waals surface area contributed by atoms with Crippen molar-refractivity contribution in [3.8, 4) is 16.9 Å². The van der Waals surface area contributed by atoms with Gasteiger partial charge in [0.15, 0.2) is 0 Å².